The average molecular weight is 364 g/mol. The summed E-state index contributed by atoms with van der Waals surface area (Å²) < 4.78 is 10.3. The standard InChI is InChI=1S/C18H24N2O4S/c1-10(2)19-18-20(11(3)4)17(22)15(25-18)9-12-7-13(23-5)16(21)14(8-12)24-6/h7-11,21H,1-6H3/b15-9+,19-18?. The molecule has 0 unspecified atom stereocenters. The molecule has 1 heterocycles. The van der Waals surface area contributed by atoms with Gasteiger partial charge in [0.1, 0.15) is 0 Å². The molecule has 1 aromatic rings. The Labute approximate surface area is 152 Å². The minimum absolute atomic E-state index is 0.0206. The monoisotopic (exact) mass is 364 g/mol. The van der Waals surface area contributed by atoms with E-state index in [1.807, 2.05) is 27.7 Å². The highest BCUT2D eigenvalue weighted by Crippen LogP contribution is 2.39. The van der Waals surface area contributed by atoms with E-state index >= 15 is 0 Å². The second kappa shape index (κ2) is 7.82. The Morgan fingerprint density at radius 2 is 1.72 bits per heavy atom. The van der Waals surface area contributed by atoms with E-state index in [0.29, 0.717) is 27.1 Å². The van der Waals surface area contributed by atoms with Gasteiger partial charge in [-0.25, -0.2) is 0 Å². The third-order valence-electron chi connectivity index (χ3n) is 3.52. The maximum absolute atomic E-state index is 12.8. The predicted molar refractivity (Wildman–Crippen MR) is 101 cm³/mol. The summed E-state index contributed by atoms with van der Waals surface area (Å²) in [4.78, 5) is 19.6. The molecule has 0 saturated carbocycles. The van der Waals surface area contributed by atoms with Crippen molar-refractivity contribution in [1.82, 2.24) is 4.90 Å². The minimum atomic E-state index is -0.0783. The van der Waals surface area contributed by atoms with Crippen LogP contribution >= 0.6 is 11.8 Å². The summed E-state index contributed by atoms with van der Waals surface area (Å²) in [7, 11) is 2.93. The third-order valence-corrected chi connectivity index (χ3v) is 4.52. The first-order valence-corrected chi connectivity index (χ1v) is 8.86. The Bertz CT molecular complexity index is 701. The van der Waals surface area contributed by atoms with Crippen LogP contribution in [0.4, 0.5) is 0 Å². The number of benzene rings is 1. The SMILES string of the molecule is COc1cc(/C=C2/SC(=NC(C)C)N(C(C)C)C2=O)cc(OC)c1O. The number of amidine groups is 1. The molecule has 7 heteroatoms. The molecule has 0 aliphatic carbocycles. The summed E-state index contributed by atoms with van der Waals surface area (Å²) in [6.07, 6.45) is 1.76. The van der Waals surface area contributed by atoms with Crippen molar-refractivity contribution in [3.63, 3.8) is 0 Å². The van der Waals surface area contributed by atoms with E-state index in [2.05, 4.69) is 4.99 Å². The highest BCUT2D eigenvalue weighted by molar-refractivity contribution is 8.18. The van der Waals surface area contributed by atoms with E-state index in [9.17, 15) is 9.90 Å². The van der Waals surface area contributed by atoms with E-state index < -0.39 is 0 Å². The summed E-state index contributed by atoms with van der Waals surface area (Å²) in [5.74, 6) is 0.436. The lowest BCUT2D eigenvalue weighted by Crippen LogP contribution is -2.35. The van der Waals surface area contributed by atoms with Crippen LogP contribution in [0.25, 0.3) is 6.08 Å². The number of phenolic OH excluding ortho intramolecular Hbond substituents is 1. The molecule has 1 aliphatic rings. The van der Waals surface area contributed by atoms with Crippen LogP contribution in [0.2, 0.25) is 0 Å². The number of carbonyl (C=O) groups excluding carboxylic acids is 1. The van der Waals surface area contributed by atoms with Gasteiger partial charge in [0.2, 0.25) is 5.75 Å². The second-order valence-corrected chi connectivity index (χ2v) is 7.17. The Morgan fingerprint density at radius 1 is 1.16 bits per heavy atom. The highest BCUT2D eigenvalue weighted by atomic mass is 32.2. The first-order valence-electron chi connectivity index (χ1n) is 8.04. The van der Waals surface area contributed by atoms with Gasteiger partial charge in [-0.05, 0) is 63.2 Å². The number of rotatable bonds is 5. The smallest absolute Gasteiger partial charge is 0.266 e. The molecule has 1 fully saturated rings. The lowest BCUT2D eigenvalue weighted by Gasteiger charge is -2.20. The van der Waals surface area contributed by atoms with Crippen LogP contribution in [0.3, 0.4) is 0 Å². The van der Waals surface area contributed by atoms with Crippen molar-refractivity contribution in [2.45, 2.75) is 39.8 Å². The zero-order valence-corrected chi connectivity index (χ0v) is 16.2. The van der Waals surface area contributed by atoms with Crippen molar-refractivity contribution >= 4 is 28.9 Å². The Morgan fingerprint density at radius 3 is 2.16 bits per heavy atom. The number of methoxy groups -OCH3 is 2. The van der Waals surface area contributed by atoms with Crippen molar-refractivity contribution in [3.05, 3.63) is 22.6 Å². The Hall–Kier alpha value is -2.15. The van der Waals surface area contributed by atoms with Gasteiger partial charge in [-0.15, -0.1) is 0 Å². The van der Waals surface area contributed by atoms with E-state index in [1.54, 1.807) is 23.1 Å². The number of hydrogen-bond donors (Lipinski definition) is 1. The van der Waals surface area contributed by atoms with Gasteiger partial charge < -0.3 is 14.6 Å². The van der Waals surface area contributed by atoms with Gasteiger partial charge in [-0.1, -0.05) is 0 Å². The number of hydrogen-bond acceptors (Lipinski definition) is 6. The summed E-state index contributed by atoms with van der Waals surface area (Å²) in [6.45, 7) is 7.88. The molecule has 1 amide bonds. The van der Waals surface area contributed by atoms with Gasteiger partial charge in [0.15, 0.2) is 16.7 Å². The van der Waals surface area contributed by atoms with Crippen LogP contribution in [-0.4, -0.2) is 47.4 Å². The van der Waals surface area contributed by atoms with E-state index in [-0.39, 0.29) is 23.7 Å². The number of thioether (sulfide) groups is 1. The molecule has 136 valence electrons. The van der Waals surface area contributed by atoms with Gasteiger partial charge in [0, 0.05) is 12.1 Å². The second-order valence-electron chi connectivity index (χ2n) is 6.16. The number of amides is 1. The Balaban J connectivity index is 2.46. The van der Waals surface area contributed by atoms with Gasteiger partial charge in [-0.2, -0.15) is 0 Å². The summed E-state index contributed by atoms with van der Waals surface area (Å²) >= 11 is 1.35. The normalized spacial score (nSPS) is 18.1. The molecule has 0 atom stereocenters. The van der Waals surface area contributed by atoms with Crippen LogP contribution in [0, 0.1) is 0 Å². The number of phenols is 1. The molecule has 25 heavy (non-hydrogen) atoms. The maximum atomic E-state index is 12.8. The van der Waals surface area contributed by atoms with Gasteiger partial charge in [0.25, 0.3) is 5.91 Å². The fourth-order valence-corrected chi connectivity index (χ4v) is 3.63. The first kappa shape index (κ1) is 19.2. The van der Waals surface area contributed by atoms with Crippen LogP contribution in [0.15, 0.2) is 22.0 Å². The molecular weight excluding hydrogens is 340 g/mol. The molecule has 1 aliphatic heterocycles. The van der Waals surface area contributed by atoms with Crippen molar-refractivity contribution in [2.24, 2.45) is 4.99 Å². The number of aliphatic imine (C=N–C) groups is 1. The highest BCUT2D eigenvalue weighted by Gasteiger charge is 2.35. The van der Waals surface area contributed by atoms with Crippen LogP contribution < -0.4 is 9.47 Å². The molecule has 1 N–H and O–H groups in total. The van der Waals surface area contributed by atoms with Crippen LogP contribution in [-0.2, 0) is 4.79 Å². The number of ether oxygens (including phenoxy) is 2. The van der Waals surface area contributed by atoms with Crippen molar-refractivity contribution < 1.29 is 19.4 Å². The topological polar surface area (TPSA) is 71.4 Å². The molecule has 6 nitrogen and oxygen atoms in total. The zero-order valence-electron chi connectivity index (χ0n) is 15.4. The average Bonchev–Trinajstić information content (AvgIpc) is 2.83. The van der Waals surface area contributed by atoms with Crippen LogP contribution in [0.5, 0.6) is 17.2 Å². The number of aromatic hydroxyl groups is 1. The fraction of sp³-hybridized carbons (Fsp3) is 0.444. The molecular formula is C18H24N2O4S. The van der Waals surface area contributed by atoms with Crippen LogP contribution in [0.1, 0.15) is 33.3 Å². The number of nitrogens with zero attached hydrogens (tertiary/aromatic N) is 2. The van der Waals surface area contributed by atoms with E-state index in [4.69, 9.17) is 9.47 Å². The minimum Gasteiger partial charge on any atom is -0.502 e. The van der Waals surface area contributed by atoms with Gasteiger partial charge >= 0.3 is 0 Å². The molecule has 0 radical (unpaired) electrons. The van der Waals surface area contributed by atoms with Crippen molar-refractivity contribution in [1.29, 1.82) is 0 Å². The fourth-order valence-electron chi connectivity index (χ4n) is 2.40. The van der Waals surface area contributed by atoms with Crippen molar-refractivity contribution in [3.8, 4) is 17.2 Å². The molecule has 2 rings (SSSR count). The van der Waals surface area contributed by atoms with Crippen molar-refractivity contribution in [2.75, 3.05) is 14.2 Å². The maximum Gasteiger partial charge on any atom is 0.266 e. The largest absolute Gasteiger partial charge is 0.502 e. The molecule has 0 bridgehead atoms. The first-order chi connectivity index (χ1) is 11.8. The zero-order chi connectivity index (χ0) is 18.7. The molecule has 1 aromatic carbocycles. The van der Waals surface area contributed by atoms with E-state index in [0.717, 1.165) is 0 Å². The molecule has 0 spiro atoms. The molecule has 1 saturated heterocycles. The summed E-state index contributed by atoms with van der Waals surface area (Å²) in [6, 6.07) is 3.45. The Kier molecular flexibility index (Phi) is 6.00. The lowest BCUT2D eigenvalue weighted by molar-refractivity contribution is -0.123. The number of carbonyl (C=O) groups is 1. The van der Waals surface area contributed by atoms with Gasteiger partial charge in [0.05, 0.1) is 19.1 Å². The summed E-state index contributed by atoms with van der Waals surface area (Å²) in [5.41, 5.74) is 0.705. The third kappa shape index (κ3) is 4.10. The predicted octanol–water partition coefficient (Wildman–Crippen LogP) is 3.50. The van der Waals surface area contributed by atoms with E-state index in [1.165, 1.54) is 26.0 Å². The quantitative estimate of drug-likeness (QED) is 0.810. The summed E-state index contributed by atoms with van der Waals surface area (Å²) in [5, 5.41) is 10.7. The lowest BCUT2D eigenvalue weighted by atomic mass is 10.1. The van der Waals surface area contributed by atoms with Gasteiger partial charge in [-0.3, -0.25) is 14.7 Å². The molecule has 0 aromatic heterocycles.